The summed E-state index contributed by atoms with van der Waals surface area (Å²) in [7, 11) is 0. The predicted octanol–water partition coefficient (Wildman–Crippen LogP) is -1.25. The van der Waals surface area contributed by atoms with Crippen LogP contribution in [-0.4, -0.2) is 47.8 Å². The highest BCUT2D eigenvalue weighted by molar-refractivity contribution is 6.33. The van der Waals surface area contributed by atoms with E-state index in [9.17, 15) is 32.3 Å². The van der Waals surface area contributed by atoms with Gasteiger partial charge in [0.25, 0.3) is 0 Å². The van der Waals surface area contributed by atoms with Gasteiger partial charge in [-0.05, 0) is 6.92 Å². The second-order valence-electron chi connectivity index (χ2n) is 3.17. The van der Waals surface area contributed by atoms with Crippen molar-refractivity contribution in [3.8, 4) is 0 Å². The van der Waals surface area contributed by atoms with Crippen LogP contribution in [0.3, 0.4) is 0 Å². The predicted molar refractivity (Wildman–Crippen MR) is 50.4 cm³/mol. The van der Waals surface area contributed by atoms with Crippen LogP contribution in [-0.2, 0) is 23.9 Å². The van der Waals surface area contributed by atoms with E-state index in [2.05, 4.69) is 4.74 Å². The van der Waals surface area contributed by atoms with Crippen molar-refractivity contribution in [2.24, 2.45) is 0 Å². The van der Waals surface area contributed by atoms with E-state index in [4.69, 9.17) is 5.11 Å². The zero-order valence-electron chi connectivity index (χ0n) is 9.41. The molecule has 0 aliphatic heterocycles. The highest BCUT2D eigenvalue weighted by Gasteiger charge is 2.31. The van der Waals surface area contributed by atoms with Crippen LogP contribution >= 0.6 is 0 Å². The number of rotatable bonds is 3. The summed E-state index contributed by atoms with van der Waals surface area (Å²) < 4.78 is 38.6. The third-order valence-corrected chi connectivity index (χ3v) is 1.44. The van der Waals surface area contributed by atoms with Gasteiger partial charge in [-0.15, -0.1) is 0 Å². The molecule has 0 spiro atoms. The lowest BCUT2D eigenvalue weighted by atomic mass is 10.4. The van der Waals surface area contributed by atoms with Crippen LogP contribution in [0.5, 0.6) is 0 Å². The van der Waals surface area contributed by atoms with Gasteiger partial charge in [-0.25, -0.2) is 9.59 Å². The van der Waals surface area contributed by atoms with Crippen molar-refractivity contribution in [1.29, 1.82) is 0 Å². The lowest BCUT2D eigenvalue weighted by molar-refractivity contribution is -0.187. The lowest BCUT2D eigenvalue weighted by Crippen LogP contribution is -2.50. The normalized spacial score (nSPS) is 12.2. The van der Waals surface area contributed by atoms with Crippen molar-refractivity contribution in [3.63, 3.8) is 0 Å². The van der Waals surface area contributed by atoms with Crippen LogP contribution in [0.1, 0.15) is 6.92 Å². The Balaban J connectivity index is 4.19. The molecule has 0 rings (SSSR count). The van der Waals surface area contributed by atoms with Crippen molar-refractivity contribution >= 4 is 23.8 Å². The number of esters is 1. The first kappa shape index (κ1) is 16.7. The maximum absolute atomic E-state index is 11.7. The molecule has 0 saturated carbocycles. The average Bonchev–Trinajstić information content (AvgIpc) is 2.24. The van der Waals surface area contributed by atoms with E-state index < -0.39 is 42.7 Å². The van der Waals surface area contributed by atoms with Crippen LogP contribution < -0.4 is 10.6 Å². The second kappa shape index (κ2) is 6.56. The molecule has 0 aliphatic rings. The van der Waals surface area contributed by atoms with Gasteiger partial charge in [-0.3, -0.25) is 9.59 Å². The highest BCUT2D eigenvalue weighted by Crippen LogP contribution is 2.14. The maximum Gasteiger partial charge on any atom is 0.422 e. The van der Waals surface area contributed by atoms with Gasteiger partial charge in [0.1, 0.15) is 0 Å². The van der Waals surface area contributed by atoms with E-state index in [0.29, 0.717) is 0 Å². The molecule has 11 heteroatoms. The molecule has 3 N–H and O–H groups in total. The van der Waals surface area contributed by atoms with Crippen molar-refractivity contribution in [2.45, 2.75) is 19.3 Å². The Bertz CT molecular complexity index is 394. The zero-order chi connectivity index (χ0) is 15.2. The molecular weight excluding hydrogens is 277 g/mol. The number of nitrogens with one attached hydrogen (secondary N) is 2. The number of alkyl halides is 3. The van der Waals surface area contributed by atoms with E-state index in [1.165, 1.54) is 0 Å². The third-order valence-electron chi connectivity index (χ3n) is 1.44. The number of hydrogen-bond donors (Lipinski definition) is 3. The molecule has 0 radical (unpaired) electrons. The van der Waals surface area contributed by atoms with E-state index in [1.807, 2.05) is 0 Å². The standard InChI is InChI=1S/C8H9F3N2O6/c1-3(12-4(14)6(16)17)13-5(15)7(18)19-2-8(9,10)11/h3H,2H2,1H3,(H,12,14)(H,13,15)(H,16,17). The zero-order valence-corrected chi connectivity index (χ0v) is 9.41. The number of carbonyl (C=O) groups excluding carboxylic acids is 3. The Morgan fingerprint density at radius 1 is 1.16 bits per heavy atom. The Kier molecular flexibility index (Phi) is 5.76. The molecule has 0 fully saturated rings. The second-order valence-corrected chi connectivity index (χ2v) is 3.17. The van der Waals surface area contributed by atoms with Crippen LogP contribution in [0.2, 0.25) is 0 Å². The summed E-state index contributed by atoms with van der Waals surface area (Å²) in [4.78, 5) is 42.5. The molecule has 0 aliphatic carbocycles. The fourth-order valence-corrected chi connectivity index (χ4v) is 0.763. The fraction of sp³-hybridized carbons (Fsp3) is 0.500. The summed E-state index contributed by atoms with van der Waals surface area (Å²) in [5, 5.41) is 11.7. The molecule has 0 aromatic rings. The first-order valence-corrected chi connectivity index (χ1v) is 4.61. The van der Waals surface area contributed by atoms with Gasteiger partial charge < -0.3 is 20.5 Å². The van der Waals surface area contributed by atoms with Gasteiger partial charge in [0, 0.05) is 0 Å². The molecule has 2 amide bonds. The van der Waals surface area contributed by atoms with Gasteiger partial charge >= 0.3 is 29.9 Å². The number of carbonyl (C=O) groups is 4. The lowest BCUT2D eigenvalue weighted by Gasteiger charge is -2.14. The number of amides is 2. The van der Waals surface area contributed by atoms with E-state index in [1.54, 1.807) is 10.6 Å². The molecule has 19 heavy (non-hydrogen) atoms. The maximum atomic E-state index is 11.7. The summed E-state index contributed by atoms with van der Waals surface area (Å²) in [6.07, 6.45) is -6.06. The summed E-state index contributed by atoms with van der Waals surface area (Å²) in [5.74, 6) is -6.66. The third kappa shape index (κ3) is 7.57. The van der Waals surface area contributed by atoms with Gasteiger partial charge in [0.15, 0.2) is 6.61 Å². The van der Waals surface area contributed by atoms with Crippen molar-refractivity contribution in [3.05, 3.63) is 0 Å². The van der Waals surface area contributed by atoms with Crippen LogP contribution in [0.15, 0.2) is 0 Å². The molecule has 1 atom stereocenters. The molecule has 0 heterocycles. The molecule has 0 bridgehead atoms. The Labute approximate surface area is 103 Å². The molecule has 0 saturated heterocycles. The van der Waals surface area contributed by atoms with Crippen LogP contribution in [0.4, 0.5) is 13.2 Å². The van der Waals surface area contributed by atoms with E-state index in [-0.39, 0.29) is 0 Å². The van der Waals surface area contributed by atoms with Crippen molar-refractivity contribution in [2.75, 3.05) is 6.61 Å². The molecule has 0 aromatic carbocycles. The largest absolute Gasteiger partial charge is 0.474 e. The molecule has 108 valence electrons. The Morgan fingerprint density at radius 3 is 2.05 bits per heavy atom. The van der Waals surface area contributed by atoms with Gasteiger partial charge in [0.2, 0.25) is 0 Å². The topological polar surface area (TPSA) is 122 Å². The smallest absolute Gasteiger partial charge is 0.422 e. The summed E-state index contributed by atoms with van der Waals surface area (Å²) in [6, 6.07) is 0. The number of hydrogen-bond acceptors (Lipinski definition) is 5. The first-order valence-electron chi connectivity index (χ1n) is 4.61. The van der Waals surface area contributed by atoms with Gasteiger partial charge in [0.05, 0.1) is 6.17 Å². The van der Waals surface area contributed by atoms with Crippen molar-refractivity contribution in [1.82, 2.24) is 10.6 Å². The number of ether oxygens (including phenoxy) is 1. The summed E-state index contributed by atoms with van der Waals surface area (Å²) >= 11 is 0. The number of carboxylic acid groups (broad SMARTS) is 1. The summed E-state index contributed by atoms with van der Waals surface area (Å²) in [5.41, 5.74) is 0. The first-order chi connectivity index (χ1) is 8.53. The molecule has 0 aromatic heterocycles. The minimum absolute atomic E-state index is 1.09. The van der Waals surface area contributed by atoms with E-state index >= 15 is 0 Å². The highest BCUT2D eigenvalue weighted by atomic mass is 19.4. The van der Waals surface area contributed by atoms with Crippen LogP contribution in [0.25, 0.3) is 0 Å². The van der Waals surface area contributed by atoms with Gasteiger partial charge in [-0.2, -0.15) is 13.2 Å². The SMILES string of the molecule is CC(NC(=O)C(=O)O)NC(=O)C(=O)OCC(F)(F)F. The van der Waals surface area contributed by atoms with Gasteiger partial charge in [-0.1, -0.05) is 0 Å². The number of halogens is 3. The summed E-state index contributed by atoms with van der Waals surface area (Å²) in [6.45, 7) is -0.842. The monoisotopic (exact) mass is 286 g/mol. The van der Waals surface area contributed by atoms with E-state index in [0.717, 1.165) is 6.92 Å². The van der Waals surface area contributed by atoms with Crippen LogP contribution in [0, 0.1) is 0 Å². The average molecular weight is 286 g/mol. The quantitative estimate of drug-likeness (QED) is 0.339. The fourth-order valence-electron chi connectivity index (χ4n) is 0.763. The number of aliphatic carboxylic acids is 1. The molecular formula is C8H9F3N2O6. The number of carboxylic acids is 1. The minimum atomic E-state index is -4.78. The Morgan fingerprint density at radius 2 is 1.63 bits per heavy atom. The Hall–Kier alpha value is -2.33. The molecule has 1 unspecified atom stereocenters. The van der Waals surface area contributed by atoms with Crippen molar-refractivity contribution < 1.29 is 42.2 Å². The minimum Gasteiger partial charge on any atom is -0.474 e. The molecule has 8 nitrogen and oxygen atoms in total.